The molecule has 2 atom stereocenters. The molecular formula is C46H49NO8S. The molecule has 1 aliphatic heterocycles. The third kappa shape index (κ3) is 9.74. The number of fused-ring (bicyclic) bond motifs is 2. The number of unbranched alkanes of at least 4 members (excludes halogenated alkanes) is 2. The lowest BCUT2D eigenvalue weighted by Crippen LogP contribution is -2.49. The molecule has 0 amide bonds. The first-order valence-corrected chi connectivity index (χ1v) is 20.2. The average Bonchev–Trinajstić information content (AvgIpc) is 3.73. The summed E-state index contributed by atoms with van der Waals surface area (Å²) < 4.78 is 38.2. The summed E-state index contributed by atoms with van der Waals surface area (Å²) in [7, 11) is -1.49. The molecule has 1 N–H and O–H groups in total. The highest BCUT2D eigenvalue weighted by atomic mass is 32.2. The van der Waals surface area contributed by atoms with Crippen LogP contribution in [-0.4, -0.2) is 64.6 Å². The van der Waals surface area contributed by atoms with E-state index in [1.807, 2.05) is 108 Å². The second-order valence-electron chi connectivity index (χ2n) is 13.9. The van der Waals surface area contributed by atoms with E-state index in [0.717, 1.165) is 70.0 Å². The van der Waals surface area contributed by atoms with E-state index >= 15 is 0 Å². The van der Waals surface area contributed by atoms with E-state index in [9.17, 15) is 18.9 Å². The number of nitrogens with zero attached hydrogens (tertiary/aromatic N) is 1. The molecule has 0 radical (unpaired) electrons. The monoisotopic (exact) mass is 775 g/mol. The maximum Gasteiger partial charge on any atom is 0.330 e. The second kappa shape index (κ2) is 19.0. The van der Waals surface area contributed by atoms with Gasteiger partial charge in [0.05, 0.1) is 37.4 Å². The Bertz CT molecular complexity index is 2080. The first-order valence-electron chi connectivity index (χ1n) is 19.1. The highest BCUT2D eigenvalue weighted by Crippen LogP contribution is 2.43. The smallest absolute Gasteiger partial charge is 0.330 e. The number of ether oxygens (including phenoxy) is 4. The summed E-state index contributed by atoms with van der Waals surface area (Å²) in [4.78, 5) is 23.2. The van der Waals surface area contributed by atoms with E-state index in [0.29, 0.717) is 68.3 Å². The van der Waals surface area contributed by atoms with E-state index in [-0.39, 0.29) is 0 Å². The molecule has 1 unspecified atom stereocenters. The molecule has 56 heavy (non-hydrogen) atoms. The van der Waals surface area contributed by atoms with Crippen LogP contribution in [0.15, 0.2) is 127 Å². The predicted molar refractivity (Wildman–Crippen MR) is 220 cm³/mol. The summed E-state index contributed by atoms with van der Waals surface area (Å²) in [6, 6.07) is 31.0. The molecule has 1 aliphatic rings. The van der Waals surface area contributed by atoms with Crippen molar-refractivity contribution >= 4 is 44.5 Å². The van der Waals surface area contributed by atoms with Gasteiger partial charge in [-0.05, 0) is 127 Å². The highest BCUT2D eigenvalue weighted by Gasteiger charge is 2.47. The zero-order valence-electron chi connectivity index (χ0n) is 31.8. The minimum absolute atomic E-state index is 0.320. The van der Waals surface area contributed by atoms with E-state index in [2.05, 4.69) is 13.2 Å². The Morgan fingerprint density at radius 3 is 1.68 bits per heavy atom. The fraction of sp³-hybridized carbons (Fsp3) is 0.304. The molecule has 9 nitrogen and oxygen atoms in total. The van der Waals surface area contributed by atoms with E-state index in [1.54, 1.807) is 0 Å². The summed E-state index contributed by atoms with van der Waals surface area (Å²) in [6.45, 7) is 11.0. The standard InChI is InChI=1S/C46H49NO8S/c1-4-44(48)54-27-8-6-25-52-40-20-16-34-29-38(18-14-36(34)31-40)46(50,43-11-10-24-47(43)56(51)42-22-12-33(3)13-23-42)39-19-15-37-32-41(21-17-35(37)30-39)53-26-7-9-28-55-45(49)5-2/h4-5,12-23,29-32,43,50H,1-2,6-11,24-28H2,3H3/t43-,56?/m0/s1. The van der Waals surface area contributed by atoms with Crippen molar-refractivity contribution in [2.24, 2.45) is 0 Å². The SMILES string of the molecule is C=CC(=O)OCCCCOc1ccc2cc(C(O)(c3ccc4cc(OCCCCOC(=O)C=C)ccc4c3)[C@@H]3CCCN3S(=O)c3ccc(C)cc3)ccc2c1. The van der Waals surface area contributed by atoms with Gasteiger partial charge in [0.1, 0.15) is 28.1 Å². The normalized spacial score (nSPS) is 15.0. The average molecular weight is 776 g/mol. The quantitative estimate of drug-likeness (QED) is 0.0505. The van der Waals surface area contributed by atoms with Gasteiger partial charge >= 0.3 is 11.9 Å². The molecule has 0 aromatic heterocycles. The number of hydrogen-bond donors (Lipinski definition) is 1. The van der Waals surface area contributed by atoms with Crippen molar-refractivity contribution in [3.63, 3.8) is 0 Å². The first kappa shape index (κ1) is 40.4. The van der Waals surface area contributed by atoms with Gasteiger partial charge in [0.2, 0.25) is 0 Å². The molecule has 0 saturated carbocycles. The Hall–Kier alpha value is -5.29. The fourth-order valence-electron chi connectivity index (χ4n) is 7.05. The molecule has 1 fully saturated rings. The van der Waals surface area contributed by atoms with Crippen LogP contribution in [-0.2, 0) is 35.6 Å². The largest absolute Gasteiger partial charge is 0.494 e. The Balaban J connectivity index is 1.26. The second-order valence-corrected chi connectivity index (χ2v) is 15.4. The number of carbonyl (C=O) groups excluding carboxylic acids is 2. The van der Waals surface area contributed by atoms with E-state index in [4.69, 9.17) is 18.9 Å². The van der Waals surface area contributed by atoms with Crippen LogP contribution < -0.4 is 9.47 Å². The molecule has 1 heterocycles. The molecule has 0 aliphatic carbocycles. The molecule has 10 heteroatoms. The molecular weight excluding hydrogens is 727 g/mol. The van der Waals surface area contributed by atoms with Gasteiger partial charge in [-0.25, -0.2) is 18.1 Å². The van der Waals surface area contributed by atoms with Crippen molar-refractivity contribution in [2.75, 3.05) is 33.0 Å². The number of rotatable bonds is 19. The molecule has 5 aromatic rings. The summed E-state index contributed by atoms with van der Waals surface area (Å²) >= 11 is 0. The van der Waals surface area contributed by atoms with Crippen LogP contribution >= 0.6 is 0 Å². The summed E-state index contributed by atoms with van der Waals surface area (Å²) in [6.07, 6.45) is 6.58. The van der Waals surface area contributed by atoms with E-state index < -0.39 is 34.6 Å². The number of hydrogen-bond acceptors (Lipinski definition) is 8. The summed E-state index contributed by atoms with van der Waals surface area (Å²) in [5.41, 5.74) is 1.01. The molecule has 6 rings (SSSR count). The van der Waals surface area contributed by atoms with Crippen LogP contribution in [0.3, 0.4) is 0 Å². The number of aliphatic hydroxyl groups is 1. The maximum atomic E-state index is 14.2. The Morgan fingerprint density at radius 1 is 0.714 bits per heavy atom. The zero-order valence-corrected chi connectivity index (χ0v) is 32.6. The van der Waals surface area contributed by atoms with Crippen LogP contribution in [0.5, 0.6) is 11.5 Å². The maximum absolute atomic E-state index is 14.2. The lowest BCUT2D eigenvalue weighted by Gasteiger charge is -2.39. The van der Waals surface area contributed by atoms with Crippen molar-refractivity contribution in [3.8, 4) is 11.5 Å². The van der Waals surface area contributed by atoms with Crippen molar-refractivity contribution in [1.29, 1.82) is 0 Å². The van der Waals surface area contributed by atoms with Gasteiger partial charge in [0.15, 0.2) is 0 Å². The lowest BCUT2D eigenvalue weighted by atomic mass is 9.78. The third-order valence-electron chi connectivity index (χ3n) is 10.1. The van der Waals surface area contributed by atoms with Gasteiger partial charge in [-0.15, -0.1) is 0 Å². The minimum Gasteiger partial charge on any atom is -0.494 e. The number of aryl methyl sites for hydroxylation is 1. The van der Waals surface area contributed by atoms with Gasteiger partial charge in [0.25, 0.3) is 0 Å². The Morgan fingerprint density at radius 2 is 1.18 bits per heavy atom. The Kier molecular flexibility index (Phi) is 13.7. The lowest BCUT2D eigenvalue weighted by molar-refractivity contribution is -0.138. The summed E-state index contributed by atoms with van der Waals surface area (Å²) in [5.74, 6) is 0.600. The van der Waals surface area contributed by atoms with Crippen LogP contribution in [0.2, 0.25) is 0 Å². The van der Waals surface area contributed by atoms with Crippen molar-refractivity contribution in [1.82, 2.24) is 4.31 Å². The van der Waals surface area contributed by atoms with Gasteiger partial charge in [-0.1, -0.05) is 67.3 Å². The third-order valence-corrected chi connectivity index (χ3v) is 11.6. The van der Waals surface area contributed by atoms with Crippen LogP contribution in [0, 0.1) is 6.92 Å². The summed E-state index contributed by atoms with van der Waals surface area (Å²) in [5, 5.41) is 17.1. The number of carbonyl (C=O) groups is 2. The molecule has 5 aromatic carbocycles. The van der Waals surface area contributed by atoms with E-state index in [1.165, 1.54) is 0 Å². The molecule has 0 bridgehead atoms. The van der Waals surface area contributed by atoms with Gasteiger partial charge in [-0.2, -0.15) is 0 Å². The predicted octanol–water partition coefficient (Wildman–Crippen LogP) is 8.50. The first-order chi connectivity index (χ1) is 27.2. The van der Waals surface area contributed by atoms with Crippen molar-refractivity contribution < 1.29 is 37.9 Å². The Labute approximate surface area is 331 Å². The van der Waals surface area contributed by atoms with Crippen molar-refractivity contribution in [3.05, 3.63) is 139 Å². The molecule has 292 valence electrons. The van der Waals surface area contributed by atoms with Crippen LogP contribution in [0.4, 0.5) is 0 Å². The molecule has 1 saturated heterocycles. The topological polar surface area (TPSA) is 112 Å². The number of benzene rings is 5. The van der Waals surface area contributed by atoms with Crippen LogP contribution in [0.1, 0.15) is 55.2 Å². The van der Waals surface area contributed by atoms with Crippen LogP contribution in [0.25, 0.3) is 21.5 Å². The van der Waals surface area contributed by atoms with Gasteiger partial charge < -0.3 is 24.1 Å². The van der Waals surface area contributed by atoms with Crippen molar-refractivity contribution in [2.45, 2.75) is 62.0 Å². The van der Waals surface area contributed by atoms with Gasteiger partial charge in [-0.3, -0.25) is 0 Å². The zero-order chi connectivity index (χ0) is 39.5. The minimum atomic E-state index is -1.51. The fourth-order valence-corrected chi connectivity index (χ4v) is 8.47. The van der Waals surface area contributed by atoms with Gasteiger partial charge in [0, 0.05) is 18.7 Å². The molecule has 0 spiro atoms. The number of esters is 2. The highest BCUT2D eigenvalue weighted by molar-refractivity contribution is 7.82.